The third kappa shape index (κ3) is 4.56. The van der Waals surface area contributed by atoms with Crippen LogP contribution in [0, 0.1) is 0 Å². The first-order valence-electron chi connectivity index (χ1n) is 6.01. The van der Waals surface area contributed by atoms with Crippen LogP contribution in [0.25, 0.3) is 0 Å². The summed E-state index contributed by atoms with van der Waals surface area (Å²) in [5, 5.41) is 3.84. The van der Waals surface area contributed by atoms with Crippen molar-refractivity contribution in [1.82, 2.24) is 10.2 Å². The van der Waals surface area contributed by atoms with E-state index in [1.165, 1.54) is 0 Å². The maximum absolute atomic E-state index is 11.9. The fourth-order valence-corrected chi connectivity index (χ4v) is 2.16. The zero-order valence-electron chi connectivity index (χ0n) is 10.8. The smallest absolute Gasteiger partial charge is 0.260 e. The van der Waals surface area contributed by atoms with Gasteiger partial charge < -0.3 is 15.0 Å². The van der Waals surface area contributed by atoms with E-state index in [9.17, 15) is 4.79 Å². The quantitative estimate of drug-likeness (QED) is 0.924. The Hall–Kier alpha value is -0.970. The van der Waals surface area contributed by atoms with Crippen molar-refractivity contribution in [3.8, 4) is 5.75 Å². The average Bonchev–Trinajstić information content (AvgIpc) is 2.89. The summed E-state index contributed by atoms with van der Waals surface area (Å²) in [6.45, 7) is 1.88. The van der Waals surface area contributed by atoms with E-state index in [1.54, 1.807) is 29.2 Å². The Labute approximate surface area is 124 Å². The molecular weight excluding hydrogens is 287 g/mol. The zero-order valence-corrected chi connectivity index (χ0v) is 12.3. The summed E-state index contributed by atoms with van der Waals surface area (Å²) in [6.07, 6.45) is 0.999. The van der Waals surface area contributed by atoms with E-state index in [2.05, 4.69) is 5.32 Å². The van der Waals surface area contributed by atoms with Gasteiger partial charge >= 0.3 is 0 Å². The van der Waals surface area contributed by atoms with Crippen LogP contribution in [0.15, 0.2) is 24.3 Å². The number of nitrogens with zero attached hydrogens (tertiary/aromatic N) is 1. The second kappa shape index (κ2) is 7.58. The predicted octanol–water partition coefficient (Wildman–Crippen LogP) is 1.96. The summed E-state index contributed by atoms with van der Waals surface area (Å²) in [6, 6.07) is 7.34. The molecule has 4 nitrogen and oxygen atoms in total. The van der Waals surface area contributed by atoms with Gasteiger partial charge in [-0.05, 0) is 31.2 Å². The molecular formula is C13H18Cl2N2O2. The molecule has 106 valence electrons. The van der Waals surface area contributed by atoms with Crippen LogP contribution in [0.4, 0.5) is 0 Å². The van der Waals surface area contributed by atoms with Crippen molar-refractivity contribution < 1.29 is 9.53 Å². The minimum Gasteiger partial charge on any atom is -0.484 e. The first kappa shape index (κ1) is 16.1. The molecule has 1 heterocycles. The highest BCUT2D eigenvalue weighted by Crippen LogP contribution is 2.17. The molecule has 1 amide bonds. The number of nitrogens with one attached hydrogen (secondary N) is 1. The van der Waals surface area contributed by atoms with Gasteiger partial charge in [0, 0.05) is 24.7 Å². The second-order valence-corrected chi connectivity index (χ2v) is 4.83. The van der Waals surface area contributed by atoms with E-state index in [4.69, 9.17) is 16.3 Å². The molecule has 0 aromatic heterocycles. The summed E-state index contributed by atoms with van der Waals surface area (Å²) in [7, 11) is 1.82. The molecule has 0 aliphatic carbocycles. The molecule has 0 saturated carbocycles. The van der Waals surface area contributed by atoms with Gasteiger partial charge in [-0.1, -0.05) is 17.7 Å². The molecule has 0 spiro atoms. The Morgan fingerprint density at radius 2 is 2.37 bits per heavy atom. The predicted molar refractivity (Wildman–Crippen MR) is 78.2 cm³/mol. The average molecular weight is 305 g/mol. The van der Waals surface area contributed by atoms with Crippen LogP contribution in [-0.4, -0.2) is 43.6 Å². The van der Waals surface area contributed by atoms with Gasteiger partial charge in [0.15, 0.2) is 6.61 Å². The Bertz CT molecular complexity index is 423. The maximum Gasteiger partial charge on any atom is 0.260 e. The first-order valence-corrected chi connectivity index (χ1v) is 6.39. The molecule has 1 unspecified atom stereocenters. The third-order valence-electron chi connectivity index (χ3n) is 3.13. The molecule has 1 fully saturated rings. The monoisotopic (exact) mass is 304 g/mol. The van der Waals surface area contributed by atoms with E-state index in [0.717, 1.165) is 19.5 Å². The lowest BCUT2D eigenvalue weighted by molar-refractivity contribution is -0.133. The highest BCUT2D eigenvalue weighted by molar-refractivity contribution is 6.30. The molecule has 1 atom stereocenters. The molecule has 1 saturated heterocycles. The third-order valence-corrected chi connectivity index (χ3v) is 3.37. The molecule has 6 heteroatoms. The fourth-order valence-electron chi connectivity index (χ4n) is 1.98. The minimum absolute atomic E-state index is 0. The maximum atomic E-state index is 11.9. The number of rotatable bonds is 4. The normalized spacial score (nSPS) is 17.7. The summed E-state index contributed by atoms with van der Waals surface area (Å²) in [5.41, 5.74) is 0. The molecule has 0 radical (unpaired) electrons. The van der Waals surface area contributed by atoms with Gasteiger partial charge in [0.1, 0.15) is 5.75 Å². The fraction of sp³-hybridized carbons (Fsp3) is 0.462. The lowest BCUT2D eigenvalue weighted by Crippen LogP contribution is -2.40. The summed E-state index contributed by atoms with van der Waals surface area (Å²) >= 11 is 5.84. The van der Waals surface area contributed by atoms with Crippen molar-refractivity contribution in [3.05, 3.63) is 29.3 Å². The number of halogens is 2. The van der Waals surface area contributed by atoms with Crippen molar-refractivity contribution in [1.29, 1.82) is 0 Å². The largest absolute Gasteiger partial charge is 0.484 e. The number of amides is 1. The van der Waals surface area contributed by atoms with E-state index in [0.29, 0.717) is 10.8 Å². The lowest BCUT2D eigenvalue weighted by atomic mass is 10.2. The Morgan fingerprint density at radius 1 is 1.58 bits per heavy atom. The molecule has 1 aromatic rings. The van der Waals surface area contributed by atoms with Gasteiger partial charge in [-0.15, -0.1) is 12.4 Å². The first-order chi connectivity index (χ1) is 8.66. The van der Waals surface area contributed by atoms with Crippen LogP contribution in [0.5, 0.6) is 5.75 Å². The molecule has 1 aliphatic rings. The Kier molecular flexibility index (Phi) is 6.42. The van der Waals surface area contributed by atoms with Crippen molar-refractivity contribution in [2.45, 2.75) is 12.5 Å². The van der Waals surface area contributed by atoms with Crippen LogP contribution < -0.4 is 10.1 Å². The SMILES string of the molecule is CN(C(=O)COc1cccc(Cl)c1)C1CCNC1.Cl. The standard InChI is InChI=1S/C13H17ClN2O2.ClH/c1-16(11-5-6-15-8-11)13(17)9-18-12-4-2-3-10(14)7-12;/h2-4,7,11,15H,5-6,8-9H2,1H3;1H. The van der Waals surface area contributed by atoms with Crippen LogP contribution in [-0.2, 0) is 4.79 Å². The molecule has 2 rings (SSSR count). The van der Waals surface area contributed by atoms with Crippen molar-refractivity contribution in [2.24, 2.45) is 0 Å². The number of benzene rings is 1. The van der Waals surface area contributed by atoms with E-state index in [-0.39, 0.29) is 31.0 Å². The minimum atomic E-state index is -0.0105. The van der Waals surface area contributed by atoms with Gasteiger partial charge in [-0.25, -0.2) is 0 Å². The number of hydrogen-bond donors (Lipinski definition) is 1. The number of carbonyl (C=O) groups excluding carboxylic acids is 1. The molecule has 0 bridgehead atoms. The lowest BCUT2D eigenvalue weighted by Gasteiger charge is -2.23. The zero-order chi connectivity index (χ0) is 13.0. The van der Waals surface area contributed by atoms with Crippen molar-refractivity contribution in [3.63, 3.8) is 0 Å². The molecule has 1 aromatic carbocycles. The summed E-state index contributed by atoms with van der Waals surface area (Å²) in [4.78, 5) is 13.7. The van der Waals surface area contributed by atoms with Crippen molar-refractivity contribution in [2.75, 3.05) is 26.7 Å². The number of likely N-dealkylation sites (N-methyl/N-ethyl adjacent to an activating group) is 1. The van der Waals surface area contributed by atoms with Gasteiger partial charge in [-0.2, -0.15) is 0 Å². The number of ether oxygens (including phenoxy) is 1. The van der Waals surface area contributed by atoms with Crippen LogP contribution >= 0.6 is 24.0 Å². The van der Waals surface area contributed by atoms with Gasteiger partial charge in [0.05, 0.1) is 0 Å². The highest BCUT2D eigenvalue weighted by Gasteiger charge is 2.23. The highest BCUT2D eigenvalue weighted by atomic mass is 35.5. The van der Waals surface area contributed by atoms with Crippen LogP contribution in [0.3, 0.4) is 0 Å². The summed E-state index contributed by atoms with van der Waals surface area (Å²) < 4.78 is 5.43. The van der Waals surface area contributed by atoms with Crippen LogP contribution in [0.2, 0.25) is 5.02 Å². The molecule has 19 heavy (non-hydrogen) atoms. The van der Waals surface area contributed by atoms with Gasteiger partial charge in [0.2, 0.25) is 0 Å². The van der Waals surface area contributed by atoms with Gasteiger partial charge in [-0.3, -0.25) is 4.79 Å². The van der Waals surface area contributed by atoms with E-state index >= 15 is 0 Å². The second-order valence-electron chi connectivity index (χ2n) is 4.40. The Morgan fingerprint density at radius 3 is 3.00 bits per heavy atom. The number of carbonyl (C=O) groups is 1. The van der Waals surface area contributed by atoms with Crippen LogP contribution in [0.1, 0.15) is 6.42 Å². The molecule has 1 N–H and O–H groups in total. The van der Waals surface area contributed by atoms with E-state index < -0.39 is 0 Å². The Balaban J connectivity index is 0.00000180. The topological polar surface area (TPSA) is 41.6 Å². The van der Waals surface area contributed by atoms with Gasteiger partial charge in [0.25, 0.3) is 5.91 Å². The van der Waals surface area contributed by atoms with Crippen molar-refractivity contribution >= 4 is 29.9 Å². The number of hydrogen-bond acceptors (Lipinski definition) is 3. The summed E-state index contributed by atoms with van der Waals surface area (Å²) in [5.74, 6) is 0.609. The van der Waals surface area contributed by atoms with E-state index in [1.807, 2.05) is 7.05 Å². The molecule has 1 aliphatic heterocycles.